The normalized spacial score (nSPS) is 16.9. The van der Waals surface area contributed by atoms with Crippen LogP contribution >= 0.6 is 11.6 Å². The summed E-state index contributed by atoms with van der Waals surface area (Å²) in [6.45, 7) is 1.77. The number of nitrogens with two attached hydrogens (primary N) is 1. The first-order valence-electron chi connectivity index (χ1n) is 10.5. The van der Waals surface area contributed by atoms with Crippen molar-refractivity contribution < 1.29 is 9.90 Å². The molecule has 0 aliphatic carbocycles. The maximum atomic E-state index is 12.7. The minimum absolute atomic E-state index is 0.136. The molecule has 31 heavy (non-hydrogen) atoms. The number of amides is 1. The number of aromatic amines is 1. The third kappa shape index (κ3) is 4.81. The Hall–Kier alpha value is -2.68. The van der Waals surface area contributed by atoms with Crippen molar-refractivity contribution in [3.05, 3.63) is 53.4 Å². The number of fused-ring (bicyclic) bond motifs is 1. The maximum Gasteiger partial charge on any atom is 0.240 e. The molecule has 1 unspecified atom stereocenters. The van der Waals surface area contributed by atoms with Crippen molar-refractivity contribution in [2.24, 2.45) is 5.73 Å². The van der Waals surface area contributed by atoms with Crippen LogP contribution in [0.5, 0.6) is 0 Å². The van der Waals surface area contributed by atoms with E-state index >= 15 is 0 Å². The van der Waals surface area contributed by atoms with Gasteiger partial charge < -0.3 is 26.0 Å². The van der Waals surface area contributed by atoms with Gasteiger partial charge in [0.25, 0.3) is 0 Å². The number of halogens is 1. The number of piperidine rings is 1. The molecule has 3 heterocycles. The number of anilines is 1. The van der Waals surface area contributed by atoms with Crippen molar-refractivity contribution in [1.82, 2.24) is 20.3 Å². The number of rotatable bonds is 7. The first-order valence-corrected chi connectivity index (χ1v) is 10.9. The van der Waals surface area contributed by atoms with Gasteiger partial charge in [0, 0.05) is 30.9 Å². The number of aliphatic hydroxyl groups excluding tert-OH is 1. The van der Waals surface area contributed by atoms with Gasteiger partial charge in [-0.05, 0) is 49.4 Å². The van der Waals surface area contributed by atoms with Crippen molar-refractivity contribution in [3.63, 3.8) is 0 Å². The second-order valence-electron chi connectivity index (χ2n) is 8.05. The molecule has 164 valence electrons. The van der Waals surface area contributed by atoms with Crippen LogP contribution in [-0.2, 0) is 4.79 Å². The van der Waals surface area contributed by atoms with Crippen molar-refractivity contribution in [3.8, 4) is 0 Å². The Morgan fingerprint density at radius 1 is 1.26 bits per heavy atom. The third-order valence-corrected chi connectivity index (χ3v) is 6.19. The van der Waals surface area contributed by atoms with E-state index in [1.807, 2.05) is 24.4 Å². The van der Waals surface area contributed by atoms with Gasteiger partial charge in [-0.2, -0.15) is 0 Å². The average molecular weight is 443 g/mol. The number of aromatic nitrogens is 3. The fraction of sp³-hybridized carbons (Fsp3) is 0.409. The van der Waals surface area contributed by atoms with Crippen LogP contribution in [0.25, 0.3) is 11.0 Å². The number of carbonyl (C=O) groups excluding carboxylic acids is 1. The first kappa shape index (κ1) is 21.5. The SMILES string of the molecule is NC1(C(=O)NCCCC(O)c2ccc(Cl)cc2)CCN(c2ncnc3[nH]ccc23)CC1. The number of hydrogen-bond donors (Lipinski definition) is 4. The van der Waals surface area contributed by atoms with E-state index in [0.717, 1.165) is 22.4 Å². The van der Waals surface area contributed by atoms with Crippen LogP contribution in [-0.4, -0.2) is 51.1 Å². The number of benzene rings is 1. The lowest BCUT2D eigenvalue weighted by Crippen LogP contribution is -2.59. The molecule has 0 saturated carbocycles. The zero-order valence-corrected chi connectivity index (χ0v) is 18.0. The largest absolute Gasteiger partial charge is 0.388 e. The Morgan fingerprint density at radius 3 is 2.74 bits per heavy atom. The summed E-state index contributed by atoms with van der Waals surface area (Å²) in [7, 11) is 0. The van der Waals surface area contributed by atoms with Crippen molar-refractivity contribution >= 4 is 34.4 Å². The molecule has 0 bridgehead atoms. The molecule has 8 nitrogen and oxygen atoms in total. The van der Waals surface area contributed by atoms with Gasteiger partial charge >= 0.3 is 0 Å². The molecule has 1 aromatic carbocycles. The predicted molar refractivity (Wildman–Crippen MR) is 121 cm³/mol. The number of aliphatic hydroxyl groups is 1. The summed E-state index contributed by atoms with van der Waals surface area (Å²) in [5.74, 6) is 0.729. The molecule has 1 fully saturated rings. The Balaban J connectivity index is 1.25. The Labute approximate surface area is 185 Å². The molecular formula is C22H27ClN6O2. The van der Waals surface area contributed by atoms with Crippen LogP contribution in [0.2, 0.25) is 5.02 Å². The maximum absolute atomic E-state index is 12.7. The molecular weight excluding hydrogens is 416 g/mol. The molecule has 1 atom stereocenters. The van der Waals surface area contributed by atoms with Gasteiger partial charge in [-0.1, -0.05) is 23.7 Å². The summed E-state index contributed by atoms with van der Waals surface area (Å²) < 4.78 is 0. The summed E-state index contributed by atoms with van der Waals surface area (Å²) in [5.41, 5.74) is 7.17. The Morgan fingerprint density at radius 2 is 2.00 bits per heavy atom. The van der Waals surface area contributed by atoms with E-state index in [4.69, 9.17) is 17.3 Å². The molecule has 0 radical (unpaired) electrons. The van der Waals surface area contributed by atoms with Crippen molar-refractivity contribution in [2.75, 3.05) is 24.5 Å². The van der Waals surface area contributed by atoms with E-state index in [-0.39, 0.29) is 5.91 Å². The molecule has 1 aliphatic rings. The van der Waals surface area contributed by atoms with E-state index in [9.17, 15) is 9.90 Å². The zero-order chi connectivity index (χ0) is 21.8. The van der Waals surface area contributed by atoms with Gasteiger partial charge in [0.15, 0.2) is 0 Å². The van der Waals surface area contributed by atoms with Gasteiger partial charge in [-0.3, -0.25) is 4.79 Å². The van der Waals surface area contributed by atoms with E-state index in [1.54, 1.807) is 18.5 Å². The quantitative estimate of drug-likeness (QED) is 0.417. The van der Waals surface area contributed by atoms with Crippen LogP contribution in [0.3, 0.4) is 0 Å². The molecule has 5 N–H and O–H groups in total. The van der Waals surface area contributed by atoms with E-state index < -0.39 is 11.6 Å². The molecule has 0 spiro atoms. The van der Waals surface area contributed by atoms with E-state index in [0.29, 0.717) is 50.3 Å². The monoisotopic (exact) mass is 442 g/mol. The van der Waals surface area contributed by atoms with Crippen LogP contribution in [0.1, 0.15) is 37.4 Å². The Bertz CT molecular complexity index is 1030. The van der Waals surface area contributed by atoms with Crippen molar-refractivity contribution in [1.29, 1.82) is 0 Å². The Kier molecular flexibility index (Phi) is 6.41. The fourth-order valence-corrected chi connectivity index (χ4v) is 4.11. The second-order valence-corrected chi connectivity index (χ2v) is 8.48. The fourth-order valence-electron chi connectivity index (χ4n) is 3.98. The minimum atomic E-state index is -0.893. The first-order chi connectivity index (χ1) is 15.0. The number of nitrogens with one attached hydrogen (secondary N) is 2. The summed E-state index contributed by atoms with van der Waals surface area (Å²) in [5, 5.41) is 14.8. The number of nitrogens with zero attached hydrogens (tertiary/aromatic N) is 3. The summed E-state index contributed by atoms with van der Waals surface area (Å²) in [6.07, 6.45) is 5.10. The molecule has 1 amide bonds. The molecule has 1 aliphatic heterocycles. The highest BCUT2D eigenvalue weighted by molar-refractivity contribution is 6.30. The van der Waals surface area contributed by atoms with Gasteiger partial charge in [-0.15, -0.1) is 0 Å². The third-order valence-electron chi connectivity index (χ3n) is 5.94. The highest BCUT2D eigenvalue weighted by atomic mass is 35.5. The van der Waals surface area contributed by atoms with E-state index in [2.05, 4.69) is 25.2 Å². The topological polar surface area (TPSA) is 120 Å². The van der Waals surface area contributed by atoms with Crippen LogP contribution < -0.4 is 16.0 Å². The minimum Gasteiger partial charge on any atom is -0.388 e. The smallest absolute Gasteiger partial charge is 0.240 e. The molecule has 4 rings (SSSR count). The van der Waals surface area contributed by atoms with Gasteiger partial charge in [0.1, 0.15) is 17.8 Å². The summed E-state index contributed by atoms with van der Waals surface area (Å²) >= 11 is 5.88. The highest BCUT2D eigenvalue weighted by Gasteiger charge is 2.38. The second kappa shape index (κ2) is 9.21. The van der Waals surface area contributed by atoms with Crippen LogP contribution in [0.15, 0.2) is 42.9 Å². The lowest BCUT2D eigenvalue weighted by molar-refractivity contribution is -0.127. The number of carbonyl (C=O) groups is 1. The lowest BCUT2D eigenvalue weighted by Gasteiger charge is -2.38. The molecule has 3 aromatic rings. The van der Waals surface area contributed by atoms with Crippen LogP contribution in [0.4, 0.5) is 5.82 Å². The summed E-state index contributed by atoms with van der Waals surface area (Å²) in [4.78, 5) is 26.6. The number of H-pyrrole nitrogens is 1. The van der Waals surface area contributed by atoms with Gasteiger partial charge in [0.2, 0.25) is 5.91 Å². The number of hydrogen-bond acceptors (Lipinski definition) is 6. The highest BCUT2D eigenvalue weighted by Crippen LogP contribution is 2.28. The average Bonchev–Trinajstić information content (AvgIpc) is 3.26. The standard InChI is InChI=1S/C22H27ClN6O2/c23-16-5-3-15(4-6-16)18(30)2-1-10-26-21(31)22(24)8-12-29(13-9-22)20-17-7-11-25-19(17)27-14-28-20/h3-7,11,14,18,30H,1-2,8-10,12-13,24H2,(H,26,31)(H,25,27,28). The van der Waals surface area contributed by atoms with Crippen molar-refractivity contribution in [2.45, 2.75) is 37.3 Å². The molecule has 1 saturated heterocycles. The van der Waals surface area contributed by atoms with E-state index in [1.165, 1.54) is 0 Å². The van der Waals surface area contributed by atoms with Gasteiger partial charge in [0.05, 0.1) is 17.0 Å². The molecule has 2 aromatic heterocycles. The van der Waals surface area contributed by atoms with Gasteiger partial charge in [-0.25, -0.2) is 9.97 Å². The molecule has 9 heteroatoms. The predicted octanol–water partition coefficient (Wildman–Crippen LogP) is 2.54. The van der Waals surface area contributed by atoms with Crippen LogP contribution in [0, 0.1) is 0 Å². The summed E-state index contributed by atoms with van der Waals surface area (Å²) in [6, 6.07) is 9.10. The zero-order valence-electron chi connectivity index (χ0n) is 17.2. The lowest BCUT2D eigenvalue weighted by atomic mass is 9.87.